The first-order valence-electron chi connectivity index (χ1n) is 7.22. The highest BCUT2D eigenvalue weighted by atomic mass is 16.6. The molecule has 2 rings (SSSR count). The van der Waals surface area contributed by atoms with Gasteiger partial charge in [0.25, 0.3) is 0 Å². The molecule has 2 aliphatic rings. The number of carbonyl (C=O) groups is 3. The summed E-state index contributed by atoms with van der Waals surface area (Å²) in [7, 11) is 0. The molecule has 0 N–H and O–H groups in total. The van der Waals surface area contributed by atoms with Gasteiger partial charge in [-0.25, -0.2) is 9.69 Å². The summed E-state index contributed by atoms with van der Waals surface area (Å²) in [5.41, 5.74) is -0.548. The van der Waals surface area contributed by atoms with Crippen LogP contribution in [-0.4, -0.2) is 65.7 Å². The largest absolute Gasteiger partial charge is 0.459 e. The molecule has 0 aromatic rings. The SMILES string of the molecule is CC(C)(C)OC(=O)[C@H]1CCCN1CC(=O)N1CCOC1=O. The van der Waals surface area contributed by atoms with Crippen LogP contribution in [0.4, 0.5) is 4.79 Å². The molecule has 0 aliphatic carbocycles. The molecule has 0 aromatic carbocycles. The van der Waals surface area contributed by atoms with Gasteiger partial charge >= 0.3 is 12.1 Å². The Balaban J connectivity index is 1.94. The van der Waals surface area contributed by atoms with E-state index in [4.69, 9.17) is 9.47 Å². The second-order valence-electron chi connectivity index (χ2n) is 6.32. The Morgan fingerprint density at radius 3 is 2.62 bits per heavy atom. The van der Waals surface area contributed by atoms with Crippen molar-refractivity contribution in [2.45, 2.75) is 45.3 Å². The van der Waals surface area contributed by atoms with E-state index in [2.05, 4.69) is 0 Å². The predicted molar refractivity (Wildman–Crippen MR) is 73.5 cm³/mol. The van der Waals surface area contributed by atoms with E-state index in [0.29, 0.717) is 13.0 Å². The highest BCUT2D eigenvalue weighted by Crippen LogP contribution is 2.21. The fraction of sp³-hybridized carbons (Fsp3) is 0.786. The van der Waals surface area contributed by atoms with E-state index < -0.39 is 17.7 Å². The smallest absolute Gasteiger partial charge is 0.416 e. The summed E-state index contributed by atoms with van der Waals surface area (Å²) >= 11 is 0. The summed E-state index contributed by atoms with van der Waals surface area (Å²) in [6.45, 7) is 6.65. The van der Waals surface area contributed by atoms with E-state index in [9.17, 15) is 14.4 Å². The maximum Gasteiger partial charge on any atom is 0.416 e. The number of cyclic esters (lactones) is 1. The number of likely N-dealkylation sites (tertiary alicyclic amines) is 1. The highest BCUT2D eigenvalue weighted by Gasteiger charge is 2.37. The Bertz CT molecular complexity index is 443. The van der Waals surface area contributed by atoms with Crippen LogP contribution in [0.1, 0.15) is 33.6 Å². The first-order valence-corrected chi connectivity index (χ1v) is 7.22. The lowest BCUT2D eigenvalue weighted by Gasteiger charge is -2.27. The van der Waals surface area contributed by atoms with Gasteiger partial charge in [0.1, 0.15) is 18.2 Å². The van der Waals surface area contributed by atoms with Gasteiger partial charge in [-0.3, -0.25) is 14.5 Å². The molecule has 0 spiro atoms. The number of hydrogen-bond donors (Lipinski definition) is 0. The lowest BCUT2D eigenvalue weighted by atomic mass is 10.1. The number of ether oxygens (including phenoxy) is 2. The Morgan fingerprint density at radius 1 is 1.33 bits per heavy atom. The standard InChI is InChI=1S/C14H22N2O5/c1-14(2,3)21-12(18)10-5-4-6-15(10)9-11(17)16-7-8-20-13(16)19/h10H,4-9H2,1-3H3/t10-/m1/s1. The summed E-state index contributed by atoms with van der Waals surface area (Å²) in [6, 6.07) is -0.410. The first-order chi connectivity index (χ1) is 9.78. The van der Waals surface area contributed by atoms with Crippen LogP contribution in [0.3, 0.4) is 0 Å². The van der Waals surface area contributed by atoms with Crippen molar-refractivity contribution in [1.82, 2.24) is 9.80 Å². The van der Waals surface area contributed by atoms with Gasteiger partial charge in [-0.1, -0.05) is 0 Å². The third-order valence-corrected chi connectivity index (χ3v) is 3.44. The lowest BCUT2D eigenvalue weighted by Crippen LogP contribution is -2.46. The highest BCUT2D eigenvalue weighted by molar-refractivity contribution is 5.94. The van der Waals surface area contributed by atoms with Crippen LogP contribution < -0.4 is 0 Å². The molecule has 2 amide bonds. The second-order valence-corrected chi connectivity index (χ2v) is 6.32. The first kappa shape index (κ1) is 15.8. The van der Waals surface area contributed by atoms with E-state index in [-0.39, 0.29) is 31.6 Å². The van der Waals surface area contributed by atoms with E-state index in [1.54, 1.807) is 4.90 Å². The number of amides is 2. The Hall–Kier alpha value is -1.63. The van der Waals surface area contributed by atoms with Crippen molar-refractivity contribution in [3.8, 4) is 0 Å². The number of nitrogens with zero attached hydrogens (tertiary/aromatic N) is 2. The van der Waals surface area contributed by atoms with Gasteiger partial charge in [0.2, 0.25) is 5.91 Å². The van der Waals surface area contributed by atoms with Crippen LogP contribution in [0.2, 0.25) is 0 Å². The Kier molecular flexibility index (Phi) is 4.51. The summed E-state index contributed by atoms with van der Waals surface area (Å²) in [4.78, 5) is 38.5. The van der Waals surface area contributed by atoms with Gasteiger partial charge in [0, 0.05) is 0 Å². The summed E-state index contributed by atoms with van der Waals surface area (Å²) in [5.74, 6) is -0.634. The molecule has 2 aliphatic heterocycles. The molecular formula is C14H22N2O5. The van der Waals surface area contributed by atoms with Gasteiger partial charge < -0.3 is 9.47 Å². The zero-order valence-corrected chi connectivity index (χ0v) is 12.8. The van der Waals surface area contributed by atoms with Crippen LogP contribution in [0.15, 0.2) is 0 Å². The van der Waals surface area contributed by atoms with Crippen molar-refractivity contribution in [2.75, 3.05) is 26.2 Å². The fourth-order valence-electron chi connectivity index (χ4n) is 2.53. The molecule has 7 nitrogen and oxygen atoms in total. The van der Waals surface area contributed by atoms with E-state index in [1.807, 2.05) is 20.8 Å². The average Bonchev–Trinajstić information content (AvgIpc) is 2.95. The maximum atomic E-state index is 12.2. The molecular weight excluding hydrogens is 276 g/mol. The average molecular weight is 298 g/mol. The van der Waals surface area contributed by atoms with Crippen LogP contribution in [0.25, 0.3) is 0 Å². The molecule has 118 valence electrons. The van der Waals surface area contributed by atoms with Crippen molar-refractivity contribution in [3.63, 3.8) is 0 Å². The zero-order chi connectivity index (χ0) is 15.6. The minimum Gasteiger partial charge on any atom is -0.459 e. The molecule has 0 unspecified atom stereocenters. The van der Waals surface area contributed by atoms with Crippen LogP contribution in [0, 0.1) is 0 Å². The van der Waals surface area contributed by atoms with Crippen LogP contribution in [0.5, 0.6) is 0 Å². The number of hydrogen-bond acceptors (Lipinski definition) is 6. The molecule has 7 heteroatoms. The van der Waals surface area contributed by atoms with Gasteiger partial charge in [-0.2, -0.15) is 0 Å². The topological polar surface area (TPSA) is 76.2 Å². The minimum absolute atomic E-state index is 0.0407. The van der Waals surface area contributed by atoms with Crippen molar-refractivity contribution < 1.29 is 23.9 Å². The molecule has 21 heavy (non-hydrogen) atoms. The van der Waals surface area contributed by atoms with E-state index in [0.717, 1.165) is 11.3 Å². The van der Waals surface area contributed by atoms with Gasteiger partial charge in [-0.05, 0) is 40.2 Å². The second kappa shape index (κ2) is 6.01. The molecule has 1 atom stereocenters. The number of rotatable bonds is 3. The Labute approximate surface area is 124 Å². The molecule has 2 fully saturated rings. The lowest BCUT2D eigenvalue weighted by molar-refractivity contribution is -0.160. The quantitative estimate of drug-likeness (QED) is 0.716. The van der Waals surface area contributed by atoms with Gasteiger partial charge in [0.05, 0.1) is 13.1 Å². The van der Waals surface area contributed by atoms with E-state index in [1.165, 1.54) is 0 Å². The number of esters is 1. The third kappa shape index (κ3) is 3.93. The Morgan fingerprint density at radius 2 is 2.05 bits per heavy atom. The van der Waals surface area contributed by atoms with Crippen molar-refractivity contribution >= 4 is 18.0 Å². The fourth-order valence-corrected chi connectivity index (χ4v) is 2.53. The van der Waals surface area contributed by atoms with E-state index >= 15 is 0 Å². The molecule has 0 saturated carbocycles. The minimum atomic E-state index is -0.604. The number of imide groups is 1. The normalized spacial score (nSPS) is 23.3. The number of carbonyl (C=O) groups excluding carboxylic acids is 3. The monoisotopic (exact) mass is 298 g/mol. The third-order valence-electron chi connectivity index (χ3n) is 3.44. The summed E-state index contributed by atoms with van der Waals surface area (Å²) in [6.07, 6.45) is 0.905. The van der Waals surface area contributed by atoms with Crippen LogP contribution in [-0.2, 0) is 19.1 Å². The molecule has 2 saturated heterocycles. The predicted octanol–water partition coefficient (Wildman–Crippen LogP) is 0.771. The summed E-state index contributed by atoms with van der Waals surface area (Å²) < 4.78 is 10.1. The van der Waals surface area contributed by atoms with Crippen LogP contribution >= 0.6 is 0 Å². The maximum absolute atomic E-state index is 12.2. The molecule has 0 radical (unpaired) electrons. The molecule has 0 aromatic heterocycles. The summed E-state index contributed by atoms with van der Waals surface area (Å²) in [5, 5.41) is 0. The zero-order valence-electron chi connectivity index (χ0n) is 12.8. The van der Waals surface area contributed by atoms with Crippen molar-refractivity contribution in [1.29, 1.82) is 0 Å². The van der Waals surface area contributed by atoms with Crippen molar-refractivity contribution in [3.05, 3.63) is 0 Å². The molecule has 2 heterocycles. The molecule has 0 bridgehead atoms. The van der Waals surface area contributed by atoms with Crippen molar-refractivity contribution in [2.24, 2.45) is 0 Å². The van der Waals surface area contributed by atoms with Gasteiger partial charge in [0.15, 0.2) is 0 Å². The van der Waals surface area contributed by atoms with Gasteiger partial charge in [-0.15, -0.1) is 0 Å².